The van der Waals surface area contributed by atoms with Gasteiger partial charge in [0.1, 0.15) is 18.2 Å². The van der Waals surface area contributed by atoms with E-state index in [1.807, 2.05) is 12.1 Å². The Bertz CT molecular complexity index is 824. The van der Waals surface area contributed by atoms with Crippen molar-refractivity contribution in [3.63, 3.8) is 0 Å². The largest absolute Gasteiger partial charge is 0.492 e. The zero-order chi connectivity index (χ0) is 20.9. The highest BCUT2D eigenvalue weighted by atomic mass is 19.1. The van der Waals surface area contributed by atoms with Gasteiger partial charge in [0.05, 0.1) is 0 Å². The van der Waals surface area contributed by atoms with Crippen LogP contribution in [0.1, 0.15) is 49.5 Å². The summed E-state index contributed by atoms with van der Waals surface area (Å²) >= 11 is 0. The lowest BCUT2D eigenvalue weighted by atomic mass is 9.86. The van der Waals surface area contributed by atoms with E-state index in [0.717, 1.165) is 38.2 Å². The van der Waals surface area contributed by atoms with Gasteiger partial charge in [-0.15, -0.1) is 0 Å². The summed E-state index contributed by atoms with van der Waals surface area (Å²) in [5.74, 6) is 0.364. The molecular formula is C24H31FN2O2. The Labute approximate surface area is 173 Å². The van der Waals surface area contributed by atoms with E-state index in [2.05, 4.69) is 43.1 Å². The first-order chi connectivity index (χ1) is 13.8. The fraction of sp³-hybridized carbons (Fsp3) is 0.458. The predicted octanol–water partition coefficient (Wildman–Crippen LogP) is 4.40. The van der Waals surface area contributed by atoms with Crippen LogP contribution >= 0.6 is 0 Å². The molecule has 0 aromatic heterocycles. The average molecular weight is 399 g/mol. The summed E-state index contributed by atoms with van der Waals surface area (Å²) in [6, 6.07) is 14.2. The number of piperidine rings is 1. The Kier molecular flexibility index (Phi) is 6.91. The van der Waals surface area contributed by atoms with E-state index < -0.39 is 0 Å². The van der Waals surface area contributed by atoms with Crippen LogP contribution in [0.2, 0.25) is 0 Å². The summed E-state index contributed by atoms with van der Waals surface area (Å²) in [6.07, 6.45) is 1.78. The number of ether oxygens (including phenoxy) is 1. The number of halogens is 1. The predicted molar refractivity (Wildman–Crippen MR) is 114 cm³/mol. The van der Waals surface area contributed by atoms with Gasteiger partial charge in [0.25, 0.3) is 5.91 Å². The third-order valence-corrected chi connectivity index (χ3v) is 5.37. The lowest BCUT2D eigenvalue weighted by molar-refractivity contribution is 0.0905. The number of carbonyl (C=O) groups excluding carboxylic acids is 1. The summed E-state index contributed by atoms with van der Waals surface area (Å²) in [5, 5.41) is 3.03. The van der Waals surface area contributed by atoms with Crippen molar-refractivity contribution in [2.75, 3.05) is 26.2 Å². The number of carbonyl (C=O) groups is 1. The maximum absolute atomic E-state index is 13.3. The van der Waals surface area contributed by atoms with Crippen molar-refractivity contribution in [2.24, 2.45) is 0 Å². The molecule has 4 nitrogen and oxygen atoms in total. The van der Waals surface area contributed by atoms with Gasteiger partial charge >= 0.3 is 0 Å². The second-order valence-corrected chi connectivity index (χ2v) is 8.69. The minimum atomic E-state index is -0.388. The van der Waals surface area contributed by atoms with Crippen molar-refractivity contribution in [2.45, 2.75) is 45.1 Å². The van der Waals surface area contributed by atoms with E-state index in [4.69, 9.17) is 4.74 Å². The van der Waals surface area contributed by atoms with Gasteiger partial charge in [-0.05, 0) is 48.1 Å². The number of nitrogens with zero attached hydrogens (tertiary/aromatic N) is 1. The lowest BCUT2D eigenvalue weighted by Gasteiger charge is -2.32. The van der Waals surface area contributed by atoms with E-state index >= 15 is 0 Å². The Balaban J connectivity index is 1.42. The highest BCUT2D eigenvalue weighted by Crippen LogP contribution is 2.30. The van der Waals surface area contributed by atoms with Gasteiger partial charge in [-0.3, -0.25) is 9.69 Å². The average Bonchev–Trinajstić information content (AvgIpc) is 2.69. The van der Waals surface area contributed by atoms with E-state index in [1.54, 1.807) is 12.1 Å². The minimum absolute atomic E-state index is 0.0504. The molecule has 0 radical (unpaired) electrons. The zero-order valence-corrected chi connectivity index (χ0v) is 17.6. The molecule has 1 N–H and O–H groups in total. The van der Waals surface area contributed by atoms with Gasteiger partial charge in [0.2, 0.25) is 0 Å². The molecule has 0 atom stereocenters. The van der Waals surface area contributed by atoms with Crippen molar-refractivity contribution in [3.8, 4) is 5.75 Å². The second kappa shape index (κ2) is 9.40. The molecule has 0 bridgehead atoms. The molecule has 0 unspecified atom stereocenters. The first-order valence-electron chi connectivity index (χ1n) is 10.3. The maximum Gasteiger partial charge on any atom is 0.251 e. The molecule has 1 aliphatic rings. The number of rotatable bonds is 6. The van der Waals surface area contributed by atoms with Crippen LogP contribution in [0, 0.1) is 5.82 Å². The van der Waals surface area contributed by atoms with Gasteiger partial charge in [0.15, 0.2) is 0 Å². The number of likely N-dealkylation sites (tertiary alicyclic amines) is 1. The Morgan fingerprint density at radius 3 is 2.55 bits per heavy atom. The molecule has 2 aromatic rings. The van der Waals surface area contributed by atoms with Crippen LogP contribution in [0.25, 0.3) is 0 Å². The Morgan fingerprint density at radius 2 is 1.86 bits per heavy atom. The third kappa shape index (κ3) is 6.04. The van der Waals surface area contributed by atoms with Gasteiger partial charge < -0.3 is 10.1 Å². The molecule has 1 amide bonds. The monoisotopic (exact) mass is 398 g/mol. The van der Waals surface area contributed by atoms with Crippen LogP contribution in [0.3, 0.4) is 0 Å². The lowest BCUT2D eigenvalue weighted by Crippen LogP contribution is -2.45. The van der Waals surface area contributed by atoms with E-state index in [9.17, 15) is 9.18 Å². The van der Waals surface area contributed by atoms with Crippen LogP contribution in [-0.4, -0.2) is 43.1 Å². The summed E-state index contributed by atoms with van der Waals surface area (Å²) in [4.78, 5) is 14.6. The number of hydrogen-bond acceptors (Lipinski definition) is 3. The third-order valence-electron chi connectivity index (χ3n) is 5.37. The molecule has 2 aromatic carbocycles. The number of para-hydroxylation sites is 1. The smallest absolute Gasteiger partial charge is 0.251 e. The molecule has 1 fully saturated rings. The van der Waals surface area contributed by atoms with Crippen LogP contribution in [-0.2, 0) is 5.41 Å². The highest BCUT2D eigenvalue weighted by molar-refractivity contribution is 5.94. The summed E-state index contributed by atoms with van der Waals surface area (Å²) in [6.45, 7) is 9.92. The Morgan fingerprint density at radius 1 is 1.14 bits per heavy atom. The van der Waals surface area contributed by atoms with Crippen molar-refractivity contribution >= 4 is 5.91 Å². The van der Waals surface area contributed by atoms with Crippen molar-refractivity contribution in [3.05, 3.63) is 65.5 Å². The summed E-state index contributed by atoms with van der Waals surface area (Å²) in [7, 11) is 0. The molecule has 29 heavy (non-hydrogen) atoms. The van der Waals surface area contributed by atoms with Gasteiger partial charge in [0, 0.05) is 31.2 Å². The molecule has 1 aliphatic heterocycles. The SMILES string of the molecule is CC(C)(C)c1ccccc1OCCN1CCC(NC(=O)c2cccc(F)c2)CC1. The normalized spacial score (nSPS) is 15.9. The van der Waals surface area contributed by atoms with Gasteiger partial charge in [-0.1, -0.05) is 45.0 Å². The fourth-order valence-electron chi connectivity index (χ4n) is 3.70. The number of benzene rings is 2. The molecule has 1 heterocycles. The van der Waals surface area contributed by atoms with E-state index in [-0.39, 0.29) is 23.2 Å². The van der Waals surface area contributed by atoms with Crippen LogP contribution in [0.4, 0.5) is 4.39 Å². The molecule has 156 valence electrons. The second-order valence-electron chi connectivity index (χ2n) is 8.69. The molecule has 3 rings (SSSR count). The van der Waals surface area contributed by atoms with Crippen molar-refractivity contribution in [1.29, 1.82) is 0 Å². The van der Waals surface area contributed by atoms with E-state index in [0.29, 0.717) is 12.2 Å². The summed E-state index contributed by atoms with van der Waals surface area (Å²) < 4.78 is 19.4. The molecule has 0 aliphatic carbocycles. The first-order valence-corrected chi connectivity index (χ1v) is 10.3. The molecule has 5 heteroatoms. The number of nitrogens with one attached hydrogen (secondary N) is 1. The van der Waals surface area contributed by atoms with Crippen LogP contribution in [0.15, 0.2) is 48.5 Å². The van der Waals surface area contributed by atoms with Gasteiger partial charge in [-0.2, -0.15) is 0 Å². The van der Waals surface area contributed by atoms with Gasteiger partial charge in [-0.25, -0.2) is 4.39 Å². The highest BCUT2D eigenvalue weighted by Gasteiger charge is 2.22. The quantitative estimate of drug-likeness (QED) is 0.784. The molecule has 0 saturated carbocycles. The van der Waals surface area contributed by atoms with Crippen molar-refractivity contribution in [1.82, 2.24) is 10.2 Å². The molecule has 0 spiro atoms. The van der Waals surface area contributed by atoms with Crippen LogP contribution in [0.5, 0.6) is 5.75 Å². The summed E-state index contributed by atoms with van der Waals surface area (Å²) in [5.41, 5.74) is 1.64. The van der Waals surface area contributed by atoms with E-state index in [1.165, 1.54) is 17.7 Å². The molecule has 1 saturated heterocycles. The van der Waals surface area contributed by atoms with Crippen molar-refractivity contribution < 1.29 is 13.9 Å². The van der Waals surface area contributed by atoms with Crippen LogP contribution < -0.4 is 10.1 Å². The zero-order valence-electron chi connectivity index (χ0n) is 17.6. The fourth-order valence-corrected chi connectivity index (χ4v) is 3.70. The standard InChI is InChI=1S/C24H31FN2O2/c1-24(2,3)21-9-4-5-10-22(21)29-16-15-27-13-11-20(12-14-27)26-23(28)18-7-6-8-19(25)17-18/h4-10,17,20H,11-16H2,1-3H3,(H,26,28). The maximum atomic E-state index is 13.3. The minimum Gasteiger partial charge on any atom is -0.492 e. The molecular weight excluding hydrogens is 367 g/mol. The number of amides is 1. The Hall–Kier alpha value is -2.40. The topological polar surface area (TPSA) is 41.6 Å². The number of hydrogen-bond donors (Lipinski definition) is 1. The first kappa shape index (κ1) is 21.3.